The van der Waals surface area contributed by atoms with Crippen LogP contribution < -0.4 is 10.6 Å². The summed E-state index contributed by atoms with van der Waals surface area (Å²) in [5, 5.41) is 25.9. The number of aromatic nitrogens is 6. The fourth-order valence-electron chi connectivity index (χ4n) is 6.73. The lowest BCUT2D eigenvalue weighted by Crippen LogP contribution is -2.61. The molecule has 13 heteroatoms. The molecule has 7 rings (SSSR count). The van der Waals surface area contributed by atoms with Crippen LogP contribution >= 0.6 is 0 Å². The van der Waals surface area contributed by atoms with Gasteiger partial charge in [0.25, 0.3) is 0 Å². The zero-order valence-corrected chi connectivity index (χ0v) is 25.9. The van der Waals surface area contributed by atoms with Gasteiger partial charge in [-0.25, -0.2) is 4.39 Å². The molecule has 2 aliphatic heterocycles. The summed E-state index contributed by atoms with van der Waals surface area (Å²) < 4.78 is 15.6. The summed E-state index contributed by atoms with van der Waals surface area (Å²) in [4.78, 5) is 32.7. The van der Waals surface area contributed by atoms with Crippen molar-refractivity contribution in [3.63, 3.8) is 0 Å². The third-order valence-electron chi connectivity index (χ3n) is 9.06. The summed E-state index contributed by atoms with van der Waals surface area (Å²) in [6, 6.07) is 16.7. The molecule has 2 aromatic heterocycles. The highest BCUT2D eigenvalue weighted by atomic mass is 19.1. The molecule has 47 heavy (non-hydrogen) atoms. The minimum absolute atomic E-state index is 0.00610. The lowest BCUT2D eigenvalue weighted by molar-refractivity contribution is -0.139. The lowest BCUT2D eigenvalue weighted by atomic mass is 9.80. The standard InChI is InChI=1S/C34H35FN10O2/c1-22-2-10-31(45-21-38-41-42-45)24(16-22)5-11-32(46)44-20-28(43-14-12-36-13-15-43)18-29(23-3-6-26(35)7-4-23)33(44)34(47)39-27-8-9-30-25(17-27)19-37-40-30/h2-11,16-17,19,21,28-29,33,36H,12-15,18,20H2,1H3,(H,37,40)(H,39,47)/b11-5+/t28-,29-,33-/m1/s1. The second kappa shape index (κ2) is 13.2. The molecule has 0 bridgehead atoms. The van der Waals surface area contributed by atoms with Crippen LogP contribution in [-0.2, 0) is 9.59 Å². The molecule has 0 aliphatic carbocycles. The third-order valence-corrected chi connectivity index (χ3v) is 9.06. The van der Waals surface area contributed by atoms with Crippen LogP contribution in [-0.4, -0.2) is 96.8 Å². The molecule has 3 atom stereocenters. The molecule has 3 N–H and O–H groups in total. The number of nitrogens with zero attached hydrogens (tertiary/aromatic N) is 7. The summed E-state index contributed by atoms with van der Waals surface area (Å²) in [5.74, 6) is -1.35. The average Bonchev–Trinajstić information content (AvgIpc) is 3.80. The van der Waals surface area contributed by atoms with E-state index in [0.29, 0.717) is 18.7 Å². The Bertz CT molecular complexity index is 1900. The Labute approximate surface area is 270 Å². The topological polar surface area (TPSA) is 137 Å². The van der Waals surface area contributed by atoms with Crippen LogP contribution in [0.1, 0.15) is 29.0 Å². The Kier molecular flexibility index (Phi) is 8.55. The van der Waals surface area contributed by atoms with E-state index < -0.39 is 6.04 Å². The predicted molar refractivity (Wildman–Crippen MR) is 175 cm³/mol. The van der Waals surface area contributed by atoms with E-state index in [4.69, 9.17) is 0 Å². The number of carbonyl (C=O) groups is 2. The Morgan fingerprint density at radius 2 is 1.87 bits per heavy atom. The number of H-pyrrole nitrogens is 1. The van der Waals surface area contributed by atoms with Crippen LogP contribution in [0, 0.1) is 12.7 Å². The first-order valence-corrected chi connectivity index (χ1v) is 15.7. The first-order chi connectivity index (χ1) is 22.9. The lowest BCUT2D eigenvalue weighted by Gasteiger charge is -2.47. The van der Waals surface area contributed by atoms with Gasteiger partial charge in [-0.05, 0) is 77.9 Å². The molecule has 0 unspecified atom stereocenters. The SMILES string of the molecule is Cc1ccc(-n2cnnn2)c(/C=C/C(=O)N2C[C@H](N3CCNCC3)C[C@H](c3ccc(F)cc3)[C@@H]2C(=O)Nc2ccc3[nH]ncc3c2)c1. The first-order valence-electron chi connectivity index (χ1n) is 15.7. The van der Waals surface area contributed by atoms with E-state index in [2.05, 4.69) is 41.3 Å². The molecule has 2 aliphatic rings. The van der Waals surface area contributed by atoms with Crippen LogP contribution in [0.2, 0.25) is 0 Å². The summed E-state index contributed by atoms with van der Waals surface area (Å²) in [6.07, 6.45) is 7.10. The summed E-state index contributed by atoms with van der Waals surface area (Å²) >= 11 is 0. The highest BCUT2D eigenvalue weighted by Crippen LogP contribution is 2.36. The van der Waals surface area contributed by atoms with Crippen LogP contribution in [0.25, 0.3) is 22.7 Å². The van der Waals surface area contributed by atoms with Crippen molar-refractivity contribution < 1.29 is 14.0 Å². The largest absolute Gasteiger partial charge is 0.325 e. The number of benzene rings is 3. The van der Waals surface area contributed by atoms with E-state index in [1.54, 1.807) is 34.0 Å². The smallest absolute Gasteiger partial charge is 0.247 e. The van der Waals surface area contributed by atoms with Gasteiger partial charge in [0.2, 0.25) is 11.8 Å². The highest BCUT2D eigenvalue weighted by molar-refractivity contribution is 6.02. The van der Waals surface area contributed by atoms with Gasteiger partial charge in [-0.1, -0.05) is 23.8 Å². The molecule has 0 spiro atoms. The number of amides is 2. The van der Waals surface area contributed by atoms with Gasteiger partial charge in [-0.15, -0.1) is 5.10 Å². The van der Waals surface area contributed by atoms with Gasteiger partial charge in [0.05, 0.1) is 17.4 Å². The van der Waals surface area contributed by atoms with Gasteiger partial charge in [0.15, 0.2) is 0 Å². The van der Waals surface area contributed by atoms with Crippen molar-refractivity contribution in [2.45, 2.75) is 31.3 Å². The number of tetrazole rings is 1. The van der Waals surface area contributed by atoms with Crippen molar-refractivity contribution in [3.8, 4) is 5.69 Å². The normalized spacial score (nSPS) is 20.6. The number of nitrogens with one attached hydrogen (secondary N) is 3. The van der Waals surface area contributed by atoms with Crippen molar-refractivity contribution in [1.29, 1.82) is 0 Å². The highest BCUT2D eigenvalue weighted by Gasteiger charge is 2.44. The Hall–Kier alpha value is -5.27. The molecule has 3 aromatic carbocycles. The summed E-state index contributed by atoms with van der Waals surface area (Å²) in [5.41, 5.74) is 4.73. The molecule has 0 radical (unpaired) electrons. The zero-order valence-electron chi connectivity index (χ0n) is 25.9. The number of fused-ring (bicyclic) bond motifs is 1. The number of halogens is 1. The van der Waals surface area contributed by atoms with Gasteiger partial charge in [-0.3, -0.25) is 19.6 Å². The number of rotatable bonds is 7. The monoisotopic (exact) mass is 634 g/mol. The number of hydrogen-bond acceptors (Lipinski definition) is 8. The van der Waals surface area contributed by atoms with Crippen molar-refractivity contribution in [3.05, 3.63) is 102 Å². The van der Waals surface area contributed by atoms with Crippen LogP contribution in [0.5, 0.6) is 0 Å². The molecular formula is C34H35FN10O2. The van der Waals surface area contributed by atoms with Gasteiger partial charge >= 0.3 is 0 Å². The maximum Gasteiger partial charge on any atom is 0.247 e. The van der Waals surface area contributed by atoms with E-state index >= 15 is 0 Å². The minimum Gasteiger partial charge on any atom is -0.325 e. The molecule has 12 nitrogen and oxygen atoms in total. The fraction of sp³-hybridized carbons (Fsp3) is 0.294. The Morgan fingerprint density at radius 3 is 2.66 bits per heavy atom. The molecule has 240 valence electrons. The number of aromatic amines is 1. The molecular weight excluding hydrogens is 599 g/mol. The third kappa shape index (κ3) is 6.53. The van der Waals surface area contributed by atoms with E-state index in [0.717, 1.165) is 59.5 Å². The second-order valence-electron chi connectivity index (χ2n) is 12.1. The van der Waals surface area contributed by atoms with Crippen LogP contribution in [0.15, 0.2) is 79.3 Å². The van der Waals surface area contributed by atoms with Crippen molar-refractivity contribution in [2.75, 3.05) is 38.0 Å². The van der Waals surface area contributed by atoms with Crippen molar-refractivity contribution in [2.24, 2.45) is 0 Å². The maximum atomic E-state index is 14.3. The van der Waals surface area contributed by atoms with E-state index in [1.165, 1.54) is 24.5 Å². The van der Waals surface area contributed by atoms with Crippen LogP contribution in [0.4, 0.5) is 10.1 Å². The molecule has 0 saturated carbocycles. The zero-order chi connectivity index (χ0) is 32.3. The van der Waals surface area contributed by atoms with Gasteiger partial charge < -0.3 is 15.5 Å². The summed E-state index contributed by atoms with van der Waals surface area (Å²) in [7, 11) is 0. The molecule has 4 heterocycles. The second-order valence-corrected chi connectivity index (χ2v) is 12.1. The molecule has 2 amide bonds. The van der Waals surface area contributed by atoms with E-state index in [-0.39, 0.29) is 29.6 Å². The number of aryl methyl sites for hydroxylation is 1. The van der Waals surface area contributed by atoms with Gasteiger partial charge in [0, 0.05) is 67.4 Å². The summed E-state index contributed by atoms with van der Waals surface area (Å²) in [6.45, 7) is 5.70. The number of piperidine rings is 1. The quantitative estimate of drug-likeness (QED) is 0.232. The molecule has 2 saturated heterocycles. The number of piperazine rings is 1. The number of carbonyl (C=O) groups excluding carboxylic acids is 2. The van der Waals surface area contributed by atoms with E-state index in [1.807, 2.05) is 43.3 Å². The predicted octanol–water partition coefficient (Wildman–Crippen LogP) is 3.30. The number of anilines is 1. The Balaban J connectivity index is 1.26. The number of hydrogen-bond donors (Lipinski definition) is 3. The first kappa shape index (κ1) is 30.4. The van der Waals surface area contributed by atoms with E-state index in [9.17, 15) is 14.0 Å². The van der Waals surface area contributed by atoms with Crippen molar-refractivity contribution in [1.82, 2.24) is 45.5 Å². The molecule has 2 fully saturated rings. The molecule has 5 aromatic rings. The average molecular weight is 635 g/mol. The van der Waals surface area contributed by atoms with Crippen LogP contribution in [0.3, 0.4) is 0 Å². The van der Waals surface area contributed by atoms with Gasteiger partial charge in [-0.2, -0.15) is 9.78 Å². The Morgan fingerprint density at radius 1 is 1.04 bits per heavy atom. The fourth-order valence-corrected chi connectivity index (χ4v) is 6.73. The van der Waals surface area contributed by atoms with Gasteiger partial charge in [0.1, 0.15) is 18.2 Å². The number of likely N-dealkylation sites (tertiary alicyclic amines) is 1. The maximum absolute atomic E-state index is 14.3. The minimum atomic E-state index is -0.853. The van der Waals surface area contributed by atoms with Crippen molar-refractivity contribution >= 4 is 34.5 Å².